The van der Waals surface area contributed by atoms with Gasteiger partial charge in [0.2, 0.25) is 0 Å². The van der Waals surface area contributed by atoms with Gasteiger partial charge >= 0.3 is 0 Å². The molecular weight excluding hydrogens is 477 g/mol. The topological polar surface area (TPSA) is 89.0 Å². The van der Waals surface area contributed by atoms with Crippen molar-refractivity contribution in [2.75, 3.05) is 13.2 Å². The first-order valence-electron chi connectivity index (χ1n) is 10.4. The largest absolute Gasteiger partial charge is 0.484 e. The standard InChI is InChI=1S/C25H23Cl2N3O4/c1-17(19-5-3-2-4-6-19)29-24(31)15-33-21-10-7-18(8-11-21)14-28-30-25(32)16-34-23-12-9-20(26)13-22(23)27/h2-14,17H,15-16H2,1H3,(H,29,31)(H,30,32)/b28-14-/t17-/m1/s1. The summed E-state index contributed by atoms with van der Waals surface area (Å²) in [6, 6.07) is 21.2. The molecule has 2 amide bonds. The number of hydrazone groups is 1. The SMILES string of the molecule is C[C@@H](NC(=O)COc1ccc(/C=N\NC(=O)COc2ccc(Cl)cc2Cl)cc1)c1ccccc1. The monoisotopic (exact) mass is 499 g/mol. The van der Waals surface area contributed by atoms with Gasteiger partial charge in [-0.25, -0.2) is 5.43 Å². The zero-order valence-electron chi connectivity index (χ0n) is 18.3. The number of rotatable bonds is 10. The maximum Gasteiger partial charge on any atom is 0.277 e. The number of amides is 2. The third-order valence-corrected chi connectivity index (χ3v) is 5.11. The van der Waals surface area contributed by atoms with E-state index in [4.69, 9.17) is 32.7 Å². The van der Waals surface area contributed by atoms with E-state index in [0.717, 1.165) is 11.1 Å². The number of benzene rings is 3. The molecule has 0 unspecified atom stereocenters. The lowest BCUT2D eigenvalue weighted by Crippen LogP contribution is -2.31. The van der Waals surface area contributed by atoms with Crippen LogP contribution < -0.4 is 20.2 Å². The van der Waals surface area contributed by atoms with Crippen molar-refractivity contribution in [3.8, 4) is 11.5 Å². The molecule has 0 aliphatic heterocycles. The Balaban J connectivity index is 1.39. The zero-order chi connectivity index (χ0) is 24.3. The lowest BCUT2D eigenvalue weighted by molar-refractivity contribution is -0.124. The van der Waals surface area contributed by atoms with Crippen LogP contribution in [0.25, 0.3) is 0 Å². The molecular formula is C25H23Cl2N3O4. The number of carbonyl (C=O) groups is 2. The summed E-state index contributed by atoms with van der Waals surface area (Å²) < 4.78 is 10.9. The number of hydrogen-bond acceptors (Lipinski definition) is 5. The molecule has 3 aromatic carbocycles. The van der Waals surface area contributed by atoms with Gasteiger partial charge in [0.15, 0.2) is 13.2 Å². The average Bonchev–Trinajstić information content (AvgIpc) is 2.83. The predicted molar refractivity (Wildman–Crippen MR) is 133 cm³/mol. The molecule has 0 radical (unpaired) electrons. The van der Waals surface area contributed by atoms with Gasteiger partial charge in [-0.1, -0.05) is 53.5 Å². The molecule has 7 nitrogen and oxygen atoms in total. The predicted octanol–water partition coefficient (Wildman–Crippen LogP) is 4.78. The van der Waals surface area contributed by atoms with E-state index in [9.17, 15) is 9.59 Å². The van der Waals surface area contributed by atoms with E-state index in [1.807, 2.05) is 37.3 Å². The highest BCUT2D eigenvalue weighted by Gasteiger charge is 2.10. The van der Waals surface area contributed by atoms with E-state index in [1.165, 1.54) is 12.3 Å². The second kappa shape index (κ2) is 12.6. The quantitative estimate of drug-likeness (QED) is 0.310. The minimum Gasteiger partial charge on any atom is -0.484 e. The van der Waals surface area contributed by atoms with Crippen molar-refractivity contribution in [3.63, 3.8) is 0 Å². The van der Waals surface area contributed by atoms with E-state index in [2.05, 4.69) is 15.8 Å². The van der Waals surface area contributed by atoms with Crippen LogP contribution in [0.5, 0.6) is 11.5 Å². The summed E-state index contributed by atoms with van der Waals surface area (Å²) in [7, 11) is 0. The zero-order valence-corrected chi connectivity index (χ0v) is 19.8. The third kappa shape index (κ3) is 8.10. The third-order valence-electron chi connectivity index (χ3n) is 4.58. The minimum absolute atomic E-state index is 0.0989. The summed E-state index contributed by atoms with van der Waals surface area (Å²) in [6.07, 6.45) is 1.48. The van der Waals surface area contributed by atoms with Gasteiger partial charge in [0.05, 0.1) is 17.3 Å². The summed E-state index contributed by atoms with van der Waals surface area (Å²) >= 11 is 11.8. The molecule has 3 rings (SSSR count). The Morgan fingerprint density at radius 3 is 2.35 bits per heavy atom. The first-order chi connectivity index (χ1) is 16.4. The lowest BCUT2D eigenvalue weighted by Gasteiger charge is -2.14. The number of ether oxygens (including phenoxy) is 2. The van der Waals surface area contributed by atoms with Gasteiger partial charge in [0, 0.05) is 5.02 Å². The van der Waals surface area contributed by atoms with E-state index in [0.29, 0.717) is 21.5 Å². The molecule has 0 saturated heterocycles. The molecule has 34 heavy (non-hydrogen) atoms. The van der Waals surface area contributed by atoms with Crippen molar-refractivity contribution in [2.24, 2.45) is 5.10 Å². The highest BCUT2D eigenvalue weighted by Crippen LogP contribution is 2.27. The smallest absolute Gasteiger partial charge is 0.277 e. The second-order valence-electron chi connectivity index (χ2n) is 7.21. The van der Waals surface area contributed by atoms with Gasteiger partial charge in [-0.3, -0.25) is 9.59 Å². The highest BCUT2D eigenvalue weighted by atomic mass is 35.5. The van der Waals surface area contributed by atoms with Crippen LogP contribution in [0.3, 0.4) is 0 Å². The van der Waals surface area contributed by atoms with E-state index >= 15 is 0 Å². The number of carbonyl (C=O) groups excluding carboxylic acids is 2. The van der Waals surface area contributed by atoms with Crippen molar-refractivity contribution < 1.29 is 19.1 Å². The molecule has 3 aromatic rings. The van der Waals surface area contributed by atoms with Crippen LogP contribution >= 0.6 is 23.2 Å². The molecule has 2 N–H and O–H groups in total. The Kier molecular flexibility index (Phi) is 9.31. The molecule has 0 aliphatic carbocycles. The molecule has 0 spiro atoms. The molecule has 0 aliphatic rings. The number of halogens is 2. The van der Waals surface area contributed by atoms with Gasteiger partial charge in [-0.2, -0.15) is 5.10 Å². The van der Waals surface area contributed by atoms with Gasteiger partial charge < -0.3 is 14.8 Å². The van der Waals surface area contributed by atoms with Crippen molar-refractivity contribution in [1.29, 1.82) is 0 Å². The summed E-state index contributed by atoms with van der Waals surface area (Å²) in [5.41, 5.74) is 4.12. The molecule has 0 aromatic heterocycles. The molecule has 0 bridgehead atoms. The van der Waals surface area contributed by atoms with Gasteiger partial charge in [0.1, 0.15) is 11.5 Å². The Bertz CT molecular complexity index is 1140. The number of nitrogens with one attached hydrogen (secondary N) is 2. The molecule has 0 fully saturated rings. The van der Waals surface area contributed by atoms with E-state index in [-0.39, 0.29) is 25.2 Å². The van der Waals surface area contributed by atoms with Crippen molar-refractivity contribution in [3.05, 3.63) is 94.0 Å². The lowest BCUT2D eigenvalue weighted by atomic mass is 10.1. The fraction of sp³-hybridized carbons (Fsp3) is 0.160. The summed E-state index contributed by atoms with van der Waals surface area (Å²) in [5.74, 6) is 0.228. The maximum absolute atomic E-state index is 12.1. The van der Waals surface area contributed by atoms with E-state index < -0.39 is 5.91 Å². The highest BCUT2D eigenvalue weighted by molar-refractivity contribution is 6.35. The van der Waals surface area contributed by atoms with Gasteiger partial charge in [0.25, 0.3) is 11.8 Å². The van der Waals surface area contributed by atoms with Crippen LogP contribution in [0.1, 0.15) is 24.1 Å². The number of hydrogen-bond donors (Lipinski definition) is 2. The summed E-state index contributed by atoms with van der Waals surface area (Å²) in [6.45, 7) is 1.56. The average molecular weight is 500 g/mol. The van der Waals surface area contributed by atoms with Crippen LogP contribution in [0.4, 0.5) is 0 Å². The number of nitrogens with zero attached hydrogens (tertiary/aromatic N) is 1. The normalized spacial score (nSPS) is 11.6. The van der Waals surface area contributed by atoms with E-state index in [1.54, 1.807) is 36.4 Å². The molecule has 9 heteroatoms. The Hall–Kier alpha value is -3.55. The molecule has 0 heterocycles. The van der Waals surface area contributed by atoms with Gasteiger partial charge in [-0.15, -0.1) is 0 Å². The first kappa shape index (κ1) is 25.1. The Labute approximate surface area is 207 Å². The fourth-order valence-electron chi connectivity index (χ4n) is 2.85. The first-order valence-corrected chi connectivity index (χ1v) is 11.1. The molecule has 1 atom stereocenters. The van der Waals surface area contributed by atoms with Crippen molar-refractivity contribution in [1.82, 2.24) is 10.7 Å². The second-order valence-corrected chi connectivity index (χ2v) is 8.06. The summed E-state index contributed by atoms with van der Waals surface area (Å²) in [5, 5.41) is 7.58. The van der Waals surface area contributed by atoms with Crippen molar-refractivity contribution in [2.45, 2.75) is 13.0 Å². The minimum atomic E-state index is -0.446. The molecule has 0 saturated carbocycles. The Morgan fingerprint density at radius 2 is 1.65 bits per heavy atom. The summed E-state index contributed by atoms with van der Waals surface area (Å²) in [4.78, 5) is 24.0. The fourth-order valence-corrected chi connectivity index (χ4v) is 3.32. The van der Waals surface area contributed by atoms with Gasteiger partial charge in [-0.05, 0) is 60.5 Å². The Morgan fingerprint density at radius 1 is 0.941 bits per heavy atom. The van der Waals surface area contributed by atoms with Crippen LogP contribution in [0, 0.1) is 0 Å². The molecule has 176 valence electrons. The maximum atomic E-state index is 12.1. The van der Waals surface area contributed by atoms with Crippen molar-refractivity contribution >= 4 is 41.2 Å². The van der Waals surface area contributed by atoms with Crippen LogP contribution in [0.2, 0.25) is 10.0 Å². The van der Waals surface area contributed by atoms with Crippen LogP contribution in [-0.4, -0.2) is 31.2 Å². The van der Waals surface area contributed by atoms with Crippen LogP contribution in [0.15, 0.2) is 77.9 Å². The van der Waals surface area contributed by atoms with Crippen LogP contribution in [-0.2, 0) is 9.59 Å².